The fraction of sp³-hybridized carbons (Fsp3) is 0.400. The van der Waals surface area contributed by atoms with Gasteiger partial charge in [-0.25, -0.2) is 4.98 Å². The number of aryl methyl sites for hydroxylation is 2. The minimum atomic E-state index is 0.0485. The fourth-order valence-corrected chi connectivity index (χ4v) is 5.80. The molecule has 0 spiro atoms. The SMILES string of the molecule is Cc1ccc(N2CCC[C@H](N(Cc3ccnc(C)c3)Cc3cn(C4CC4)c4cc(Cl)ncc4c3=O)C2)cn1. The third-order valence-corrected chi connectivity index (χ3v) is 8.00. The second kappa shape index (κ2) is 10.5. The van der Waals surface area contributed by atoms with Gasteiger partial charge >= 0.3 is 0 Å². The van der Waals surface area contributed by atoms with Crippen LogP contribution in [0.5, 0.6) is 0 Å². The van der Waals surface area contributed by atoms with Gasteiger partial charge in [0.25, 0.3) is 0 Å². The monoisotopic (exact) mass is 528 g/mol. The lowest BCUT2D eigenvalue weighted by atomic mass is 10.0. The van der Waals surface area contributed by atoms with Crippen molar-refractivity contribution in [2.45, 2.75) is 64.7 Å². The second-order valence-corrected chi connectivity index (χ2v) is 11.1. The zero-order valence-corrected chi connectivity index (χ0v) is 22.7. The summed E-state index contributed by atoms with van der Waals surface area (Å²) in [6.45, 7) is 7.29. The van der Waals surface area contributed by atoms with Crippen LogP contribution in [-0.4, -0.2) is 43.6 Å². The maximum atomic E-state index is 13.7. The number of hydrogen-bond donors (Lipinski definition) is 0. The standard InChI is InChI=1S/C30H33ClN6O/c1-20-5-6-25(14-33-20)35-11-3-4-26(19-35)36(16-22-9-10-32-21(2)12-22)17-23-18-37(24-7-8-24)28-13-29(31)34-15-27(28)30(23)38/h5-6,9-10,12-15,18,24,26H,3-4,7-8,11,16-17,19H2,1-2H3/t26-/m0/s1. The van der Waals surface area contributed by atoms with Gasteiger partial charge in [0.15, 0.2) is 5.43 Å². The molecule has 196 valence electrons. The molecule has 5 heterocycles. The number of nitrogens with zero attached hydrogens (tertiary/aromatic N) is 6. The third kappa shape index (κ3) is 5.31. The molecular weight excluding hydrogens is 496 g/mol. The van der Waals surface area contributed by atoms with Gasteiger partial charge in [0, 0.05) is 73.8 Å². The maximum absolute atomic E-state index is 13.7. The van der Waals surface area contributed by atoms with Crippen molar-refractivity contribution in [2.75, 3.05) is 18.0 Å². The van der Waals surface area contributed by atoms with Gasteiger partial charge in [0.2, 0.25) is 0 Å². The van der Waals surface area contributed by atoms with E-state index >= 15 is 0 Å². The van der Waals surface area contributed by atoms with Crippen molar-refractivity contribution in [3.05, 3.63) is 93.0 Å². The summed E-state index contributed by atoms with van der Waals surface area (Å²) in [5.41, 5.74) is 6.14. The highest BCUT2D eigenvalue weighted by molar-refractivity contribution is 6.30. The number of pyridine rings is 4. The van der Waals surface area contributed by atoms with Gasteiger partial charge in [-0.15, -0.1) is 0 Å². The Morgan fingerprint density at radius 1 is 1.00 bits per heavy atom. The number of halogens is 1. The molecule has 1 saturated carbocycles. The first-order chi connectivity index (χ1) is 18.4. The molecule has 0 bridgehead atoms. The molecule has 1 saturated heterocycles. The summed E-state index contributed by atoms with van der Waals surface area (Å²) >= 11 is 6.22. The smallest absolute Gasteiger partial charge is 0.195 e. The van der Waals surface area contributed by atoms with Crippen molar-refractivity contribution < 1.29 is 0 Å². The zero-order valence-electron chi connectivity index (χ0n) is 22.0. The van der Waals surface area contributed by atoms with E-state index in [2.05, 4.69) is 59.8 Å². The van der Waals surface area contributed by atoms with Crippen molar-refractivity contribution in [1.82, 2.24) is 24.4 Å². The fourth-order valence-electron chi connectivity index (χ4n) is 5.65. The van der Waals surface area contributed by atoms with Crippen LogP contribution in [0.1, 0.15) is 54.2 Å². The average Bonchev–Trinajstić information content (AvgIpc) is 3.76. The molecule has 0 radical (unpaired) electrons. The molecule has 1 atom stereocenters. The Morgan fingerprint density at radius 3 is 2.63 bits per heavy atom. The van der Waals surface area contributed by atoms with E-state index in [-0.39, 0.29) is 5.43 Å². The lowest BCUT2D eigenvalue weighted by molar-refractivity contribution is 0.158. The van der Waals surface area contributed by atoms with Crippen LogP contribution in [0.3, 0.4) is 0 Å². The van der Waals surface area contributed by atoms with E-state index in [1.54, 1.807) is 6.20 Å². The third-order valence-electron chi connectivity index (χ3n) is 7.79. The Hall–Kier alpha value is -3.29. The van der Waals surface area contributed by atoms with Crippen LogP contribution in [0.15, 0.2) is 59.9 Å². The summed E-state index contributed by atoms with van der Waals surface area (Å²) in [5.74, 6) is 0. The van der Waals surface area contributed by atoms with E-state index in [0.717, 1.165) is 73.5 Å². The van der Waals surface area contributed by atoms with Crippen LogP contribution in [0.2, 0.25) is 5.15 Å². The van der Waals surface area contributed by atoms with Gasteiger partial charge in [-0.3, -0.25) is 19.7 Å². The van der Waals surface area contributed by atoms with Crippen LogP contribution >= 0.6 is 11.6 Å². The molecule has 7 nitrogen and oxygen atoms in total. The van der Waals surface area contributed by atoms with E-state index in [9.17, 15) is 4.79 Å². The lowest BCUT2D eigenvalue weighted by Gasteiger charge is -2.40. The summed E-state index contributed by atoms with van der Waals surface area (Å²) in [5, 5.41) is 1.07. The van der Waals surface area contributed by atoms with E-state index < -0.39 is 0 Å². The number of aromatic nitrogens is 4. The van der Waals surface area contributed by atoms with Crippen molar-refractivity contribution in [3.8, 4) is 0 Å². The van der Waals surface area contributed by atoms with Crippen LogP contribution in [0.4, 0.5) is 5.69 Å². The predicted molar refractivity (Wildman–Crippen MR) is 152 cm³/mol. The Morgan fingerprint density at radius 2 is 1.87 bits per heavy atom. The summed E-state index contributed by atoms with van der Waals surface area (Å²) in [4.78, 5) is 31.8. The Kier molecular flexibility index (Phi) is 6.89. The minimum absolute atomic E-state index is 0.0485. The molecule has 38 heavy (non-hydrogen) atoms. The number of rotatable bonds is 7. The number of fused-ring (bicyclic) bond motifs is 1. The Balaban J connectivity index is 1.35. The minimum Gasteiger partial charge on any atom is -0.369 e. The molecule has 2 fully saturated rings. The Labute approximate surface area is 228 Å². The molecule has 1 aliphatic carbocycles. The normalized spacial score (nSPS) is 17.9. The topological polar surface area (TPSA) is 67.2 Å². The molecule has 0 unspecified atom stereocenters. The summed E-state index contributed by atoms with van der Waals surface area (Å²) in [6, 6.07) is 11.0. The highest BCUT2D eigenvalue weighted by atomic mass is 35.5. The number of piperidine rings is 1. The second-order valence-electron chi connectivity index (χ2n) is 10.8. The molecule has 0 aromatic carbocycles. The van der Waals surface area contributed by atoms with Crippen molar-refractivity contribution >= 4 is 28.2 Å². The van der Waals surface area contributed by atoms with Crippen molar-refractivity contribution in [1.29, 1.82) is 0 Å². The highest BCUT2D eigenvalue weighted by Crippen LogP contribution is 2.37. The van der Waals surface area contributed by atoms with Crippen LogP contribution in [0, 0.1) is 13.8 Å². The highest BCUT2D eigenvalue weighted by Gasteiger charge is 2.29. The lowest BCUT2D eigenvalue weighted by Crippen LogP contribution is -2.48. The van der Waals surface area contributed by atoms with Crippen molar-refractivity contribution in [2.24, 2.45) is 0 Å². The first-order valence-corrected chi connectivity index (χ1v) is 13.8. The molecule has 2 aliphatic rings. The maximum Gasteiger partial charge on any atom is 0.195 e. The van der Waals surface area contributed by atoms with Crippen LogP contribution in [-0.2, 0) is 13.1 Å². The molecule has 4 aromatic rings. The molecule has 1 aliphatic heterocycles. The Bertz CT molecular complexity index is 1510. The average molecular weight is 529 g/mol. The first-order valence-electron chi connectivity index (χ1n) is 13.5. The van der Waals surface area contributed by atoms with Gasteiger partial charge in [0.1, 0.15) is 5.15 Å². The van der Waals surface area contributed by atoms with Gasteiger partial charge < -0.3 is 9.47 Å². The van der Waals surface area contributed by atoms with E-state index in [1.807, 2.05) is 32.3 Å². The molecular formula is C30H33ClN6O. The van der Waals surface area contributed by atoms with Crippen molar-refractivity contribution in [3.63, 3.8) is 0 Å². The predicted octanol–water partition coefficient (Wildman–Crippen LogP) is 5.46. The van der Waals surface area contributed by atoms with Gasteiger partial charge in [-0.05, 0) is 75.4 Å². The largest absolute Gasteiger partial charge is 0.369 e. The van der Waals surface area contributed by atoms with Crippen LogP contribution < -0.4 is 10.3 Å². The van der Waals surface area contributed by atoms with E-state index in [4.69, 9.17) is 11.6 Å². The van der Waals surface area contributed by atoms with E-state index in [0.29, 0.717) is 29.2 Å². The molecule has 0 N–H and O–H groups in total. The molecule has 4 aromatic heterocycles. The van der Waals surface area contributed by atoms with Gasteiger partial charge in [-0.2, -0.15) is 0 Å². The molecule has 6 rings (SSSR count). The van der Waals surface area contributed by atoms with E-state index in [1.165, 1.54) is 5.56 Å². The van der Waals surface area contributed by atoms with Gasteiger partial charge in [0.05, 0.1) is 22.8 Å². The summed E-state index contributed by atoms with van der Waals surface area (Å²) in [7, 11) is 0. The van der Waals surface area contributed by atoms with Gasteiger partial charge in [-0.1, -0.05) is 11.6 Å². The zero-order chi connectivity index (χ0) is 26.2. The molecule has 0 amide bonds. The number of hydrogen-bond acceptors (Lipinski definition) is 6. The quantitative estimate of drug-likeness (QED) is 0.297. The number of anilines is 1. The molecule has 8 heteroatoms. The first kappa shape index (κ1) is 25.0. The summed E-state index contributed by atoms with van der Waals surface area (Å²) < 4.78 is 2.25. The van der Waals surface area contributed by atoms with Crippen LogP contribution in [0.25, 0.3) is 10.9 Å². The summed E-state index contributed by atoms with van der Waals surface area (Å²) in [6.07, 6.45) is 12.0.